The van der Waals surface area contributed by atoms with Crippen molar-refractivity contribution in [3.63, 3.8) is 0 Å². The molecule has 0 aromatic heterocycles. The second-order valence-electron chi connectivity index (χ2n) is 7.87. The van der Waals surface area contributed by atoms with Crippen LogP contribution in [0, 0.1) is 5.92 Å². The van der Waals surface area contributed by atoms with Crippen LogP contribution in [0.1, 0.15) is 24.1 Å². The van der Waals surface area contributed by atoms with Gasteiger partial charge in [0.1, 0.15) is 12.0 Å². The van der Waals surface area contributed by atoms with E-state index in [1.165, 1.54) is 0 Å². The van der Waals surface area contributed by atoms with Gasteiger partial charge in [0.15, 0.2) is 0 Å². The van der Waals surface area contributed by atoms with E-state index in [0.29, 0.717) is 12.1 Å². The molecule has 1 aliphatic heterocycles. The number of fused-ring (bicyclic) bond motifs is 3. The van der Waals surface area contributed by atoms with Crippen LogP contribution in [-0.2, 0) is 20.9 Å². The molecule has 0 radical (unpaired) electrons. The van der Waals surface area contributed by atoms with E-state index in [0.717, 1.165) is 22.4 Å². The largest absolute Gasteiger partial charge is 0.351 e. The van der Waals surface area contributed by atoms with Gasteiger partial charge in [-0.05, 0) is 29.7 Å². The fraction of sp³-hybridized carbons (Fsp3) is 0.192. The van der Waals surface area contributed by atoms with Gasteiger partial charge in [0, 0.05) is 19.2 Å². The summed E-state index contributed by atoms with van der Waals surface area (Å²) in [6.45, 7) is 1.88. The Labute approximate surface area is 187 Å². The van der Waals surface area contributed by atoms with Gasteiger partial charge in [-0.25, -0.2) is 0 Å². The predicted molar refractivity (Wildman–Crippen MR) is 124 cm³/mol. The Bertz CT molecular complexity index is 1160. The maximum absolute atomic E-state index is 13.3. The Kier molecular flexibility index (Phi) is 6.03. The normalized spacial score (nSPS) is 15.8. The summed E-state index contributed by atoms with van der Waals surface area (Å²) in [6.07, 6.45) is 0. The average Bonchev–Trinajstić information content (AvgIpc) is 2.92. The third-order valence-corrected chi connectivity index (χ3v) is 5.79. The highest BCUT2D eigenvalue weighted by Crippen LogP contribution is 2.39. The first-order valence-corrected chi connectivity index (χ1v) is 10.6. The number of amides is 3. The summed E-state index contributed by atoms with van der Waals surface area (Å²) in [5.74, 6) is -2.09. The maximum Gasteiger partial charge on any atom is 0.253 e. The van der Waals surface area contributed by atoms with Crippen molar-refractivity contribution >= 4 is 23.4 Å². The molecule has 0 saturated heterocycles. The second kappa shape index (κ2) is 9.06. The first-order valence-electron chi connectivity index (χ1n) is 10.6. The van der Waals surface area contributed by atoms with Gasteiger partial charge in [0.25, 0.3) is 5.91 Å². The van der Waals surface area contributed by atoms with Crippen molar-refractivity contribution < 1.29 is 14.4 Å². The number of rotatable bonds is 5. The number of likely N-dealkylation sites (N-methyl/N-ethyl adjacent to an activating group) is 1. The fourth-order valence-corrected chi connectivity index (χ4v) is 3.90. The van der Waals surface area contributed by atoms with E-state index in [-0.39, 0.29) is 5.91 Å². The smallest absolute Gasteiger partial charge is 0.253 e. The Morgan fingerprint density at radius 3 is 2.25 bits per heavy atom. The Morgan fingerprint density at radius 2 is 1.50 bits per heavy atom. The molecule has 2 unspecified atom stereocenters. The first-order chi connectivity index (χ1) is 15.5. The number of nitrogens with zero attached hydrogens (tertiary/aromatic N) is 1. The third-order valence-electron chi connectivity index (χ3n) is 5.79. The molecule has 0 saturated carbocycles. The molecule has 6 nitrogen and oxygen atoms in total. The third kappa shape index (κ3) is 4.12. The number of para-hydroxylation sites is 1. The molecule has 0 bridgehead atoms. The van der Waals surface area contributed by atoms with Gasteiger partial charge in [0.2, 0.25) is 11.8 Å². The van der Waals surface area contributed by atoms with Crippen molar-refractivity contribution in [3.05, 3.63) is 90.0 Å². The van der Waals surface area contributed by atoms with Crippen LogP contribution in [0.3, 0.4) is 0 Å². The second-order valence-corrected chi connectivity index (χ2v) is 7.87. The Hall–Kier alpha value is -3.93. The minimum absolute atomic E-state index is 0.257. The van der Waals surface area contributed by atoms with Gasteiger partial charge in [-0.15, -0.1) is 0 Å². The zero-order chi connectivity index (χ0) is 22.7. The number of carbonyl (C=O) groups excluding carboxylic acids is 3. The van der Waals surface area contributed by atoms with Crippen LogP contribution in [0.4, 0.5) is 5.69 Å². The van der Waals surface area contributed by atoms with E-state index >= 15 is 0 Å². The lowest BCUT2D eigenvalue weighted by atomic mass is 9.95. The molecule has 1 aliphatic rings. The van der Waals surface area contributed by atoms with E-state index in [1.807, 2.05) is 78.9 Å². The number of hydrogen-bond acceptors (Lipinski definition) is 3. The van der Waals surface area contributed by atoms with Crippen LogP contribution < -0.4 is 15.5 Å². The topological polar surface area (TPSA) is 78.5 Å². The van der Waals surface area contributed by atoms with Crippen LogP contribution in [0.2, 0.25) is 0 Å². The summed E-state index contributed by atoms with van der Waals surface area (Å²) in [7, 11) is 1.70. The lowest BCUT2D eigenvalue weighted by Crippen LogP contribution is -2.45. The Morgan fingerprint density at radius 1 is 0.875 bits per heavy atom. The van der Waals surface area contributed by atoms with Gasteiger partial charge in [-0.1, -0.05) is 72.8 Å². The Balaban J connectivity index is 1.55. The molecule has 0 fully saturated rings. The monoisotopic (exact) mass is 427 g/mol. The molecule has 4 rings (SSSR count). The lowest BCUT2D eigenvalue weighted by molar-refractivity contribution is -0.136. The minimum atomic E-state index is -0.949. The summed E-state index contributed by atoms with van der Waals surface area (Å²) < 4.78 is 0. The van der Waals surface area contributed by atoms with Gasteiger partial charge >= 0.3 is 0 Å². The molecule has 3 amide bonds. The molecule has 2 atom stereocenters. The SMILES string of the molecule is CC(C(=O)NCc1ccccc1)C(=O)NC1C(=O)N(C)c2ccccc2-c2ccccc21. The van der Waals surface area contributed by atoms with Gasteiger partial charge in [0.05, 0.1) is 5.69 Å². The summed E-state index contributed by atoms with van der Waals surface area (Å²) in [4.78, 5) is 40.4. The van der Waals surface area contributed by atoms with E-state index in [2.05, 4.69) is 10.6 Å². The van der Waals surface area contributed by atoms with Crippen molar-refractivity contribution in [1.29, 1.82) is 0 Å². The van der Waals surface area contributed by atoms with E-state index in [9.17, 15) is 14.4 Å². The number of hydrogen-bond donors (Lipinski definition) is 2. The number of anilines is 1. The molecule has 1 heterocycles. The van der Waals surface area contributed by atoms with E-state index in [4.69, 9.17) is 0 Å². The highest BCUT2D eigenvalue weighted by molar-refractivity contribution is 6.07. The fourth-order valence-electron chi connectivity index (χ4n) is 3.90. The molecular formula is C26H25N3O3. The predicted octanol–water partition coefficient (Wildman–Crippen LogP) is 3.44. The van der Waals surface area contributed by atoms with E-state index < -0.39 is 23.8 Å². The number of nitrogens with one attached hydrogen (secondary N) is 2. The van der Waals surface area contributed by atoms with Crippen molar-refractivity contribution in [2.75, 3.05) is 11.9 Å². The van der Waals surface area contributed by atoms with Gasteiger partial charge in [-0.2, -0.15) is 0 Å². The van der Waals surface area contributed by atoms with E-state index in [1.54, 1.807) is 18.9 Å². The van der Waals surface area contributed by atoms with Crippen LogP contribution >= 0.6 is 0 Å². The van der Waals surface area contributed by atoms with Crippen LogP contribution in [0.5, 0.6) is 0 Å². The highest BCUT2D eigenvalue weighted by atomic mass is 16.2. The molecule has 162 valence electrons. The molecule has 0 spiro atoms. The zero-order valence-electron chi connectivity index (χ0n) is 18.0. The van der Waals surface area contributed by atoms with Gasteiger partial charge in [-0.3, -0.25) is 14.4 Å². The maximum atomic E-state index is 13.3. The molecule has 0 aliphatic carbocycles. The molecule has 3 aromatic carbocycles. The molecule has 6 heteroatoms. The zero-order valence-corrected chi connectivity index (χ0v) is 18.0. The lowest BCUT2D eigenvalue weighted by Gasteiger charge is -2.24. The van der Waals surface area contributed by atoms with Crippen LogP contribution in [0.15, 0.2) is 78.9 Å². The summed E-state index contributed by atoms with van der Waals surface area (Å²) in [5, 5.41) is 5.61. The van der Waals surface area contributed by atoms with Crippen LogP contribution in [0.25, 0.3) is 11.1 Å². The van der Waals surface area contributed by atoms with Gasteiger partial charge < -0.3 is 15.5 Å². The standard InChI is InChI=1S/C26H25N3O3/c1-17(24(30)27-16-18-10-4-3-5-11-18)25(31)28-23-21-14-7-6-12-19(21)20-13-8-9-15-22(20)29(2)26(23)32/h3-15,17,23H,16H2,1-2H3,(H,27,30)(H,28,31). The molecule has 2 N–H and O–H groups in total. The van der Waals surface area contributed by atoms with Crippen molar-refractivity contribution in [2.45, 2.75) is 19.5 Å². The molecular weight excluding hydrogens is 402 g/mol. The summed E-state index contributed by atoms with van der Waals surface area (Å²) >= 11 is 0. The van der Waals surface area contributed by atoms with Crippen molar-refractivity contribution in [3.8, 4) is 11.1 Å². The highest BCUT2D eigenvalue weighted by Gasteiger charge is 2.34. The van der Waals surface area contributed by atoms with Crippen molar-refractivity contribution in [1.82, 2.24) is 10.6 Å². The minimum Gasteiger partial charge on any atom is -0.351 e. The molecule has 3 aromatic rings. The quantitative estimate of drug-likeness (QED) is 0.613. The number of carbonyl (C=O) groups is 3. The summed E-state index contributed by atoms with van der Waals surface area (Å²) in [6, 6.07) is 23.8. The first kappa shape index (κ1) is 21.3. The van der Waals surface area contributed by atoms with Crippen LogP contribution in [-0.4, -0.2) is 24.8 Å². The molecule has 32 heavy (non-hydrogen) atoms. The number of benzene rings is 3. The average molecular weight is 428 g/mol. The van der Waals surface area contributed by atoms with Crippen molar-refractivity contribution in [2.24, 2.45) is 5.92 Å². The summed E-state index contributed by atoms with van der Waals surface area (Å²) in [5.41, 5.74) is 4.23.